The standard InChI is InChI=1S/C54H56FN9O15/c1-3-54(76)34-17-40-48-32(23-64(40)51(73)33(34)25-78-52(54)74)47-36(15-14-31-28(2)35(55)18-37(62-48)46(31)47)60-44(68)26-77-27-59-42(66)21-58-49(71)38(16-29-10-6-4-7-11-29)61-43(67)22-56-41(65)20-57-50(72)39(19-45(69)70)63-53(75)79-24-30-12-8-5-9-13-30/h4-13,17-18,36,38-39,76H,3,14-16,19-27H2,1-2H3,(H,56,65)(H,57,72)(H,58,71)(H,59,66)(H,60,68)(H,61,67)(H,63,75)(H,69,70)/t36-,38-,39-,54-/m0/s1. The molecule has 1 aliphatic carbocycles. The minimum absolute atomic E-state index is 0.0287. The first-order valence-corrected chi connectivity index (χ1v) is 25.1. The quantitative estimate of drug-likeness (QED) is 0.0255. The number of carboxylic acid groups (broad SMARTS) is 1. The maximum Gasteiger partial charge on any atom is 0.408 e. The second kappa shape index (κ2) is 24.5. The van der Waals surface area contributed by atoms with Gasteiger partial charge in [0.25, 0.3) is 5.56 Å². The Morgan fingerprint density at radius 1 is 0.823 bits per heavy atom. The van der Waals surface area contributed by atoms with Crippen molar-refractivity contribution in [3.05, 3.63) is 133 Å². The summed E-state index contributed by atoms with van der Waals surface area (Å²) in [7, 11) is 0. The Hall–Kier alpha value is -9.10. The van der Waals surface area contributed by atoms with Gasteiger partial charge in [-0.25, -0.2) is 19.0 Å². The SMILES string of the molecule is CC[C@@]1(O)C(=O)OCc2c1cc1n(c2=O)Cc2c-1nc1cc(F)c(C)c3c1c2[C@@H](NC(=O)COCNC(=O)CNC(=O)[C@H](Cc1ccccc1)NC(=O)CNC(=O)CNC(=O)[C@H](CC(=O)O)NC(=O)OCc1ccccc1)CC3. The van der Waals surface area contributed by atoms with Crippen LogP contribution in [0, 0.1) is 12.7 Å². The number of nitrogens with zero attached hydrogens (tertiary/aromatic N) is 2. The number of carboxylic acids is 1. The highest BCUT2D eigenvalue weighted by Gasteiger charge is 2.46. The zero-order valence-corrected chi connectivity index (χ0v) is 42.8. The van der Waals surface area contributed by atoms with Crippen molar-refractivity contribution < 1.29 is 72.0 Å². The highest BCUT2D eigenvalue weighted by atomic mass is 19.1. The van der Waals surface area contributed by atoms with E-state index in [1.165, 1.54) is 10.6 Å². The predicted molar refractivity (Wildman–Crippen MR) is 274 cm³/mol. The average molecular weight is 1090 g/mol. The van der Waals surface area contributed by atoms with Gasteiger partial charge in [-0.2, -0.15) is 0 Å². The fourth-order valence-electron chi connectivity index (χ4n) is 9.69. The van der Waals surface area contributed by atoms with Gasteiger partial charge in [-0.05, 0) is 60.1 Å². The number of cyclic esters (lactones) is 1. The number of hydrogen-bond donors (Lipinski definition) is 9. The van der Waals surface area contributed by atoms with Gasteiger partial charge < -0.3 is 66.2 Å². The Balaban J connectivity index is 0.819. The lowest BCUT2D eigenvalue weighted by molar-refractivity contribution is -0.172. The molecule has 7 amide bonds. The second-order valence-corrected chi connectivity index (χ2v) is 18.9. The van der Waals surface area contributed by atoms with Gasteiger partial charge >= 0.3 is 18.0 Å². The van der Waals surface area contributed by atoms with Crippen molar-refractivity contribution in [2.24, 2.45) is 0 Å². The van der Waals surface area contributed by atoms with Crippen molar-refractivity contribution >= 4 is 64.4 Å². The van der Waals surface area contributed by atoms with E-state index in [4.69, 9.17) is 19.2 Å². The van der Waals surface area contributed by atoms with Crippen LogP contribution in [0.3, 0.4) is 0 Å². The number of benzene rings is 3. The van der Waals surface area contributed by atoms with Crippen LogP contribution in [-0.2, 0) is 90.8 Å². The summed E-state index contributed by atoms with van der Waals surface area (Å²) >= 11 is 0. The number of ether oxygens (including phenoxy) is 3. The van der Waals surface area contributed by atoms with Crippen LogP contribution >= 0.6 is 0 Å². The molecule has 79 heavy (non-hydrogen) atoms. The fourth-order valence-corrected chi connectivity index (χ4v) is 9.69. The molecule has 9 N–H and O–H groups in total. The van der Waals surface area contributed by atoms with Crippen molar-refractivity contribution in [2.75, 3.05) is 33.0 Å². The topological polar surface area (TPSA) is 341 Å². The van der Waals surface area contributed by atoms with Gasteiger partial charge in [-0.3, -0.25) is 38.4 Å². The lowest BCUT2D eigenvalue weighted by Crippen LogP contribution is -2.53. The third-order valence-electron chi connectivity index (χ3n) is 13.7. The highest BCUT2D eigenvalue weighted by Crippen LogP contribution is 2.46. The van der Waals surface area contributed by atoms with Crippen LogP contribution in [0.5, 0.6) is 0 Å². The number of aliphatic carboxylic acids is 1. The smallest absolute Gasteiger partial charge is 0.408 e. The number of carbonyl (C=O) groups is 9. The largest absolute Gasteiger partial charge is 0.481 e. The number of aryl methyl sites for hydroxylation is 1. The second-order valence-electron chi connectivity index (χ2n) is 18.9. The summed E-state index contributed by atoms with van der Waals surface area (Å²) in [6.07, 6.45) is -1.27. The number of esters is 1. The molecular formula is C54H56FN9O15. The number of rotatable bonds is 22. The van der Waals surface area contributed by atoms with Crippen molar-refractivity contribution in [3.8, 4) is 11.4 Å². The van der Waals surface area contributed by atoms with E-state index in [2.05, 4.69) is 37.2 Å². The van der Waals surface area contributed by atoms with Gasteiger partial charge in [-0.1, -0.05) is 67.6 Å². The molecule has 0 saturated carbocycles. The summed E-state index contributed by atoms with van der Waals surface area (Å²) in [5, 5.41) is 38.3. The maximum absolute atomic E-state index is 15.4. The number of alkyl carbamates (subject to hydrolysis) is 1. The lowest BCUT2D eigenvalue weighted by Gasteiger charge is -2.31. The summed E-state index contributed by atoms with van der Waals surface area (Å²) in [5.74, 6) is -7.56. The molecule has 2 aromatic heterocycles. The molecule has 8 rings (SSSR count). The molecule has 24 nitrogen and oxygen atoms in total. The van der Waals surface area contributed by atoms with E-state index < -0.39 is 128 Å². The summed E-state index contributed by atoms with van der Waals surface area (Å²) in [4.78, 5) is 133. The Bertz CT molecular complexity index is 3320. The van der Waals surface area contributed by atoms with E-state index in [1.807, 2.05) is 0 Å². The minimum Gasteiger partial charge on any atom is -0.481 e. The Labute approximate surface area is 449 Å². The molecule has 4 atom stereocenters. The first kappa shape index (κ1) is 56.1. The number of fused-ring (bicyclic) bond motifs is 5. The Morgan fingerprint density at radius 3 is 2.16 bits per heavy atom. The normalized spacial score (nSPS) is 16.4. The number of halogens is 1. The van der Waals surface area contributed by atoms with Crippen molar-refractivity contribution in [1.82, 2.24) is 46.8 Å². The molecule has 3 aromatic carbocycles. The molecule has 4 heterocycles. The molecule has 3 aliphatic rings. The summed E-state index contributed by atoms with van der Waals surface area (Å²) in [5.41, 5.74) is 2.28. The molecule has 414 valence electrons. The van der Waals surface area contributed by atoms with Gasteiger partial charge in [-0.15, -0.1) is 0 Å². The van der Waals surface area contributed by atoms with Crippen LogP contribution < -0.4 is 42.8 Å². The fraction of sp³-hybridized carbons (Fsp3) is 0.352. The third kappa shape index (κ3) is 12.9. The van der Waals surface area contributed by atoms with E-state index in [0.29, 0.717) is 68.5 Å². The summed E-state index contributed by atoms with van der Waals surface area (Å²) in [6.45, 7) is -0.124. The first-order valence-electron chi connectivity index (χ1n) is 25.1. The number of hydrogen-bond acceptors (Lipinski definition) is 15. The van der Waals surface area contributed by atoms with Gasteiger partial charge in [0, 0.05) is 29.0 Å². The number of aliphatic hydroxyl groups is 1. The van der Waals surface area contributed by atoms with Gasteiger partial charge in [0.2, 0.25) is 35.4 Å². The minimum atomic E-state index is -2.07. The number of aromatic nitrogens is 2. The lowest BCUT2D eigenvalue weighted by atomic mass is 9.81. The van der Waals surface area contributed by atoms with Crippen molar-refractivity contribution in [2.45, 2.75) is 89.4 Å². The molecule has 0 spiro atoms. The molecule has 0 saturated heterocycles. The number of carbonyl (C=O) groups excluding carboxylic acids is 8. The monoisotopic (exact) mass is 1090 g/mol. The van der Waals surface area contributed by atoms with Crippen LogP contribution in [0.25, 0.3) is 22.3 Å². The van der Waals surface area contributed by atoms with E-state index in [-0.39, 0.29) is 43.7 Å². The first-order chi connectivity index (χ1) is 37.8. The number of amides is 7. The van der Waals surface area contributed by atoms with Crippen LogP contribution in [0.2, 0.25) is 0 Å². The van der Waals surface area contributed by atoms with Gasteiger partial charge in [0.1, 0.15) is 44.5 Å². The van der Waals surface area contributed by atoms with E-state index in [0.717, 1.165) is 0 Å². The molecule has 2 aliphatic heterocycles. The van der Waals surface area contributed by atoms with E-state index in [9.17, 15) is 58.2 Å². The number of nitrogens with one attached hydrogen (secondary N) is 7. The molecular weight excluding hydrogens is 1030 g/mol. The van der Waals surface area contributed by atoms with Crippen LogP contribution in [-0.4, -0.2) is 118 Å². The van der Waals surface area contributed by atoms with E-state index in [1.54, 1.807) is 80.6 Å². The van der Waals surface area contributed by atoms with Gasteiger partial charge in [0.05, 0.1) is 61.1 Å². The zero-order valence-electron chi connectivity index (χ0n) is 42.8. The Kier molecular flexibility index (Phi) is 17.4. The molecule has 0 unspecified atom stereocenters. The average Bonchev–Trinajstić information content (AvgIpc) is 4.03. The summed E-state index contributed by atoms with van der Waals surface area (Å²) < 4.78 is 32.6. The van der Waals surface area contributed by atoms with Crippen LogP contribution in [0.4, 0.5) is 9.18 Å². The highest BCUT2D eigenvalue weighted by molar-refractivity contribution is 5.96. The summed E-state index contributed by atoms with van der Waals surface area (Å²) in [6, 6.07) is 16.5. The molecule has 5 aromatic rings. The molecule has 0 bridgehead atoms. The van der Waals surface area contributed by atoms with Crippen molar-refractivity contribution in [3.63, 3.8) is 0 Å². The van der Waals surface area contributed by atoms with Crippen molar-refractivity contribution in [1.29, 1.82) is 0 Å². The Morgan fingerprint density at radius 2 is 1.48 bits per heavy atom. The predicted octanol–water partition coefficient (Wildman–Crippen LogP) is 0.567. The molecule has 25 heteroatoms. The van der Waals surface area contributed by atoms with Crippen LogP contribution in [0.1, 0.15) is 76.7 Å². The zero-order chi connectivity index (χ0) is 56.5. The molecule has 0 fully saturated rings. The number of pyridine rings is 2. The van der Waals surface area contributed by atoms with E-state index >= 15 is 4.39 Å². The molecule has 0 radical (unpaired) electrons. The van der Waals surface area contributed by atoms with Crippen LogP contribution in [0.15, 0.2) is 77.6 Å². The van der Waals surface area contributed by atoms with Gasteiger partial charge in [0.15, 0.2) is 5.60 Å². The third-order valence-corrected chi connectivity index (χ3v) is 13.7. The maximum atomic E-state index is 15.4.